The molecule has 2 N–H and O–H groups in total. The van der Waals surface area contributed by atoms with E-state index in [9.17, 15) is 9.90 Å². The normalized spacial score (nSPS) is 15.5. The first-order valence-corrected chi connectivity index (χ1v) is 16.0. The van der Waals surface area contributed by atoms with Gasteiger partial charge in [-0.15, -0.1) is 10.2 Å². The molecule has 1 aliphatic carbocycles. The molecule has 3 heterocycles. The molecule has 6 rings (SSSR count). The number of imidazole rings is 1. The average Bonchev–Trinajstić information content (AvgIpc) is 3.63. The molecule has 44 heavy (non-hydrogen) atoms. The fourth-order valence-electron chi connectivity index (χ4n) is 6.66. The first-order chi connectivity index (χ1) is 21.3. The van der Waals surface area contributed by atoms with Crippen LogP contribution >= 0.6 is 0 Å². The minimum absolute atomic E-state index is 0.359. The predicted octanol–water partition coefficient (Wildman–Crippen LogP) is 5.80. The van der Waals surface area contributed by atoms with E-state index in [1.807, 2.05) is 4.57 Å². The zero-order valence-corrected chi connectivity index (χ0v) is 26.1. The number of tetrazole rings is 1. The molecular weight excluding hydrogens is 554 g/mol. The Hall–Kier alpha value is -4.05. The highest BCUT2D eigenvalue weighted by atomic mass is 16.5. The summed E-state index contributed by atoms with van der Waals surface area (Å²) in [5.74, 6) is 1.40. The van der Waals surface area contributed by atoms with Gasteiger partial charge in [-0.2, -0.15) is 5.21 Å². The van der Waals surface area contributed by atoms with Crippen molar-refractivity contribution in [2.24, 2.45) is 5.92 Å². The third-order valence-electron chi connectivity index (χ3n) is 8.88. The fourth-order valence-corrected chi connectivity index (χ4v) is 6.66. The Bertz CT molecular complexity index is 1580. The van der Waals surface area contributed by atoms with Crippen LogP contribution in [-0.2, 0) is 42.7 Å². The van der Waals surface area contributed by atoms with E-state index in [0.29, 0.717) is 49.2 Å². The number of para-hydroxylation sites is 1. The molecule has 0 bridgehead atoms. The van der Waals surface area contributed by atoms with Crippen molar-refractivity contribution in [1.82, 2.24) is 30.2 Å². The average molecular weight is 598 g/mol. The highest BCUT2D eigenvalue weighted by molar-refractivity contribution is 5.89. The molecule has 0 saturated heterocycles. The van der Waals surface area contributed by atoms with Crippen molar-refractivity contribution < 1.29 is 14.6 Å². The number of hydrogen-bond donors (Lipinski definition) is 2. The fraction of sp³-hybridized carbons (Fsp3) is 0.500. The smallest absolute Gasteiger partial charge is 0.357 e. The van der Waals surface area contributed by atoms with E-state index in [4.69, 9.17) is 9.72 Å². The van der Waals surface area contributed by atoms with Gasteiger partial charge in [0.05, 0.1) is 13.2 Å². The second-order valence-corrected chi connectivity index (χ2v) is 12.7. The van der Waals surface area contributed by atoms with Gasteiger partial charge in [0.2, 0.25) is 0 Å². The summed E-state index contributed by atoms with van der Waals surface area (Å²) in [5, 5.41) is 25.9. The third-order valence-corrected chi connectivity index (χ3v) is 8.88. The van der Waals surface area contributed by atoms with Crippen LogP contribution in [0.15, 0.2) is 42.5 Å². The van der Waals surface area contributed by atoms with Crippen LogP contribution in [0.5, 0.6) is 0 Å². The SMILES string of the molecule is CCCc1nc(C(C)(C)O)c(C(=O)OCC2CCCCC2)n1Cc1ccc2c(c1)CCc1ccccc1N2Cc1nn[nH]n1. The molecule has 2 aliphatic rings. The van der Waals surface area contributed by atoms with Crippen LogP contribution in [0.25, 0.3) is 0 Å². The Morgan fingerprint density at radius 2 is 1.82 bits per heavy atom. The van der Waals surface area contributed by atoms with Gasteiger partial charge in [0.15, 0.2) is 11.5 Å². The maximum absolute atomic E-state index is 13.8. The van der Waals surface area contributed by atoms with Gasteiger partial charge < -0.3 is 19.3 Å². The Morgan fingerprint density at radius 3 is 2.57 bits per heavy atom. The zero-order valence-electron chi connectivity index (χ0n) is 26.1. The summed E-state index contributed by atoms with van der Waals surface area (Å²) in [6.45, 7) is 6.83. The minimum Gasteiger partial charge on any atom is -0.461 e. The second-order valence-electron chi connectivity index (χ2n) is 12.7. The molecule has 0 unspecified atom stereocenters. The Kier molecular flexibility index (Phi) is 8.79. The van der Waals surface area contributed by atoms with Crippen LogP contribution in [-0.4, -0.2) is 47.9 Å². The number of H-pyrrole nitrogens is 1. The van der Waals surface area contributed by atoms with Gasteiger partial charge in [-0.3, -0.25) is 0 Å². The van der Waals surface area contributed by atoms with Crippen molar-refractivity contribution in [1.29, 1.82) is 0 Å². The number of aromatic nitrogens is 6. The van der Waals surface area contributed by atoms with E-state index in [-0.39, 0.29) is 0 Å². The van der Waals surface area contributed by atoms with E-state index in [2.05, 4.69) is 74.9 Å². The molecule has 1 saturated carbocycles. The van der Waals surface area contributed by atoms with Crippen molar-refractivity contribution in [2.75, 3.05) is 11.5 Å². The molecule has 2 aromatic carbocycles. The molecule has 232 valence electrons. The lowest BCUT2D eigenvalue weighted by molar-refractivity contribution is 0.0366. The number of carbonyl (C=O) groups excluding carboxylic acids is 1. The molecule has 0 atom stereocenters. The van der Waals surface area contributed by atoms with Gasteiger partial charge in [-0.25, -0.2) is 9.78 Å². The molecule has 1 aliphatic heterocycles. The number of esters is 1. The molecule has 2 aromatic heterocycles. The van der Waals surface area contributed by atoms with Crippen LogP contribution in [0.4, 0.5) is 11.4 Å². The van der Waals surface area contributed by atoms with E-state index in [0.717, 1.165) is 54.9 Å². The number of ether oxygens (including phenoxy) is 1. The lowest BCUT2D eigenvalue weighted by atomic mass is 9.90. The summed E-state index contributed by atoms with van der Waals surface area (Å²) < 4.78 is 7.92. The molecule has 10 heteroatoms. The van der Waals surface area contributed by atoms with Gasteiger partial charge in [-0.1, -0.05) is 61.7 Å². The number of anilines is 2. The van der Waals surface area contributed by atoms with E-state index >= 15 is 0 Å². The highest BCUT2D eigenvalue weighted by Crippen LogP contribution is 2.38. The summed E-state index contributed by atoms with van der Waals surface area (Å²) in [6.07, 6.45) is 9.15. The summed E-state index contributed by atoms with van der Waals surface area (Å²) in [4.78, 5) is 20.9. The van der Waals surface area contributed by atoms with Crippen molar-refractivity contribution in [3.63, 3.8) is 0 Å². The lowest BCUT2D eigenvalue weighted by Crippen LogP contribution is -2.25. The molecule has 0 amide bonds. The topological polar surface area (TPSA) is 122 Å². The number of nitrogens with one attached hydrogen (secondary N) is 1. The first-order valence-electron chi connectivity index (χ1n) is 16.0. The van der Waals surface area contributed by atoms with Crippen molar-refractivity contribution in [3.8, 4) is 0 Å². The number of hydrogen-bond acceptors (Lipinski definition) is 8. The van der Waals surface area contributed by atoms with Crippen LogP contribution < -0.4 is 4.90 Å². The van der Waals surface area contributed by atoms with Crippen molar-refractivity contribution in [3.05, 3.63) is 82.2 Å². The van der Waals surface area contributed by atoms with Gasteiger partial charge in [0.25, 0.3) is 0 Å². The van der Waals surface area contributed by atoms with Crippen molar-refractivity contribution in [2.45, 2.75) is 97.2 Å². The maximum Gasteiger partial charge on any atom is 0.357 e. The number of carbonyl (C=O) groups is 1. The molecule has 0 radical (unpaired) electrons. The summed E-state index contributed by atoms with van der Waals surface area (Å²) in [5.41, 5.74) is 5.24. The number of aliphatic hydroxyl groups is 1. The third kappa shape index (κ3) is 6.40. The van der Waals surface area contributed by atoms with E-state index in [1.54, 1.807) is 13.8 Å². The maximum atomic E-state index is 13.8. The zero-order chi connectivity index (χ0) is 30.7. The molecule has 0 spiro atoms. The van der Waals surface area contributed by atoms with Crippen LogP contribution in [0.1, 0.15) is 104 Å². The quantitative estimate of drug-likeness (QED) is 0.220. The van der Waals surface area contributed by atoms with Gasteiger partial charge >= 0.3 is 5.97 Å². The van der Waals surface area contributed by atoms with Crippen molar-refractivity contribution >= 4 is 17.3 Å². The Balaban J connectivity index is 1.35. The number of nitrogens with zero attached hydrogens (tertiary/aromatic N) is 6. The Labute approximate surface area is 258 Å². The summed E-state index contributed by atoms with van der Waals surface area (Å²) in [7, 11) is 0. The van der Waals surface area contributed by atoms with Gasteiger partial charge in [0.1, 0.15) is 17.1 Å². The number of rotatable bonds is 10. The Morgan fingerprint density at radius 1 is 1.05 bits per heavy atom. The van der Waals surface area contributed by atoms with E-state index in [1.165, 1.54) is 30.4 Å². The monoisotopic (exact) mass is 597 g/mol. The summed E-state index contributed by atoms with van der Waals surface area (Å²) >= 11 is 0. The second kappa shape index (κ2) is 12.9. The largest absolute Gasteiger partial charge is 0.461 e. The number of fused-ring (bicyclic) bond motifs is 2. The predicted molar refractivity (Wildman–Crippen MR) is 168 cm³/mol. The summed E-state index contributed by atoms with van der Waals surface area (Å²) in [6, 6.07) is 15.0. The number of aryl methyl sites for hydroxylation is 3. The van der Waals surface area contributed by atoms with Crippen LogP contribution in [0.3, 0.4) is 0 Å². The highest BCUT2D eigenvalue weighted by Gasteiger charge is 2.33. The minimum atomic E-state index is -1.29. The van der Waals surface area contributed by atoms with Gasteiger partial charge in [0, 0.05) is 24.3 Å². The standard InChI is InChI=1S/C34H43N7O3/c1-4-10-30-35-32(34(2,3)43)31(33(42)44-22-23-11-6-5-7-12-23)41(30)20-24-15-18-28-26(19-24)17-16-25-13-8-9-14-27(25)40(28)21-29-36-38-39-37-29/h8-9,13-15,18-19,23,43H,4-7,10-12,16-17,20-22H2,1-3H3,(H,36,37,38,39). The van der Waals surface area contributed by atoms with E-state index < -0.39 is 11.6 Å². The van der Waals surface area contributed by atoms with Crippen LogP contribution in [0.2, 0.25) is 0 Å². The number of aromatic amines is 1. The van der Waals surface area contributed by atoms with Gasteiger partial charge in [-0.05, 0) is 80.7 Å². The first kappa shape index (κ1) is 30.0. The molecule has 1 fully saturated rings. The lowest BCUT2D eigenvalue weighted by Gasteiger charge is -2.26. The van der Waals surface area contributed by atoms with Crippen LogP contribution in [0, 0.1) is 5.92 Å². The molecular formula is C34H43N7O3. The molecule has 10 nitrogen and oxygen atoms in total. The molecule has 4 aromatic rings. The number of benzene rings is 2.